The van der Waals surface area contributed by atoms with E-state index in [2.05, 4.69) is 15.2 Å². The highest BCUT2D eigenvalue weighted by Crippen LogP contribution is 2.46. The molecule has 2 amide bonds. The van der Waals surface area contributed by atoms with Crippen LogP contribution in [0.25, 0.3) is 0 Å². The summed E-state index contributed by atoms with van der Waals surface area (Å²) >= 11 is 1.57. The van der Waals surface area contributed by atoms with Crippen LogP contribution in [0.2, 0.25) is 0 Å². The summed E-state index contributed by atoms with van der Waals surface area (Å²) in [6.07, 6.45) is 9.60. The Balaban J connectivity index is 1.13. The van der Waals surface area contributed by atoms with Gasteiger partial charge in [-0.1, -0.05) is 25.0 Å². The third-order valence-electron chi connectivity index (χ3n) is 10.1. The molecule has 0 bridgehead atoms. The quantitative estimate of drug-likeness (QED) is 0.161. The van der Waals surface area contributed by atoms with Crippen molar-refractivity contribution in [1.29, 1.82) is 0 Å². The number of thiophene rings is 1. The molecule has 2 aromatic heterocycles. The second-order valence-electron chi connectivity index (χ2n) is 13.4. The topological polar surface area (TPSA) is 115 Å². The third-order valence-corrected chi connectivity index (χ3v) is 11.3. The van der Waals surface area contributed by atoms with Gasteiger partial charge in [0.15, 0.2) is 11.5 Å². The van der Waals surface area contributed by atoms with Gasteiger partial charge in [0.05, 0.1) is 44.0 Å². The summed E-state index contributed by atoms with van der Waals surface area (Å²) < 4.78 is 13.0. The van der Waals surface area contributed by atoms with Crippen LogP contribution in [0.5, 0.6) is 11.5 Å². The zero-order valence-electron chi connectivity index (χ0n) is 27.2. The van der Waals surface area contributed by atoms with Gasteiger partial charge in [-0.3, -0.25) is 14.4 Å². The lowest BCUT2D eigenvalue weighted by molar-refractivity contribution is -0.117. The summed E-state index contributed by atoms with van der Waals surface area (Å²) in [6, 6.07) is 13.3. The predicted molar refractivity (Wildman–Crippen MR) is 185 cm³/mol. The Hall–Kier alpha value is -4.64. The van der Waals surface area contributed by atoms with Gasteiger partial charge >= 0.3 is 0 Å². The maximum absolute atomic E-state index is 14.3. The summed E-state index contributed by atoms with van der Waals surface area (Å²) in [5.74, 6) is 2.70. The zero-order valence-corrected chi connectivity index (χ0v) is 28.0. The number of fused-ring (bicyclic) bond motifs is 3. The van der Waals surface area contributed by atoms with E-state index in [1.165, 1.54) is 17.7 Å². The summed E-state index contributed by atoms with van der Waals surface area (Å²) in [5.41, 5.74) is 4.50. The number of carbonyl (C=O) groups excluding carboxylic acids is 3. The van der Waals surface area contributed by atoms with E-state index >= 15 is 0 Å². The van der Waals surface area contributed by atoms with Crippen molar-refractivity contribution in [3.05, 3.63) is 76.1 Å². The lowest BCUT2D eigenvalue weighted by atomic mass is 9.89. The molecule has 10 nitrogen and oxygen atoms in total. The van der Waals surface area contributed by atoms with E-state index in [1.54, 1.807) is 36.8 Å². The number of imidazole rings is 1. The van der Waals surface area contributed by atoms with Crippen molar-refractivity contribution < 1.29 is 23.9 Å². The molecule has 2 N–H and O–H groups in total. The summed E-state index contributed by atoms with van der Waals surface area (Å²) in [4.78, 5) is 48.5. The van der Waals surface area contributed by atoms with Gasteiger partial charge in [-0.2, -0.15) is 0 Å². The number of methoxy groups -OCH3 is 2. The molecule has 4 aromatic rings. The Morgan fingerprint density at radius 2 is 1.79 bits per heavy atom. The Bertz CT molecular complexity index is 1910. The number of aromatic nitrogens is 2. The average molecular weight is 666 g/mol. The molecule has 2 aromatic carbocycles. The average Bonchev–Trinajstić information content (AvgIpc) is 4.04. The first-order valence-electron chi connectivity index (χ1n) is 16.9. The first-order chi connectivity index (χ1) is 23.4. The second kappa shape index (κ2) is 12.4. The number of nitrogens with zero attached hydrogens (tertiary/aromatic N) is 3. The molecule has 3 heterocycles. The molecule has 0 saturated heterocycles. The van der Waals surface area contributed by atoms with Crippen LogP contribution in [0.1, 0.15) is 87.8 Å². The first kappa shape index (κ1) is 30.7. The molecular formula is C37H39N5O5S. The van der Waals surface area contributed by atoms with Crippen LogP contribution in [-0.2, 0) is 24.2 Å². The van der Waals surface area contributed by atoms with E-state index in [0.29, 0.717) is 53.1 Å². The van der Waals surface area contributed by atoms with Crippen LogP contribution >= 0.6 is 11.3 Å². The molecule has 11 heteroatoms. The van der Waals surface area contributed by atoms with Crippen molar-refractivity contribution in [2.24, 2.45) is 11.8 Å². The predicted octanol–water partition coefficient (Wildman–Crippen LogP) is 7.32. The number of aryl methyl sites for hydroxylation is 1. The van der Waals surface area contributed by atoms with Crippen LogP contribution < -0.4 is 25.0 Å². The molecule has 8 rings (SSSR count). The number of benzene rings is 2. The van der Waals surface area contributed by atoms with E-state index in [9.17, 15) is 14.4 Å². The Kier molecular flexibility index (Phi) is 7.94. The second-order valence-corrected chi connectivity index (χ2v) is 14.5. The number of amides is 2. The number of ketones is 1. The molecule has 48 heavy (non-hydrogen) atoms. The maximum Gasteiger partial charge on any atom is 0.281 e. The minimum absolute atomic E-state index is 0.0253. The number of hydrogen-bond acceptors (Lipinski definition) is 8. The minimum atomic E-state index is -0.205. The maximum atomic E-state index is 14.3. The van der Waals surface area contributed by atoms with E-state index in [-0.39, 0.29) is 29.6 Å². The van der Waals surface area contributed by atoms with Gasteiger partial charge in [-0.15, -0.1) is 11.3 Å². The fourth-order valence-electron chi connectivity index (χ4n) is 6.94. The largest absolute Gasteiger partial charge is 0.497 e. The van der Waals surface area contributed by atoms with E-state index in [4.69, 9.17) is 14.5 Å². The third kappa shape index (κ3) is 5.85. The summed E-state index contributed by atoms with van der Waals surface area (Å²) in [7, 11) is 3.26. The van der Waals surface area contributed by atoms with Crippen LogP contribution in [0, 0.1) is 11.8 Å². The molecule has 0 spiro atoms. The van der Waals surface area contributed by atoms with Gasteiger partial charge in [-0.05, 0) is 79.8 Å². The minimum Gasteiger partial charge on any atom is -0.497 e. The molecule has 1 atom stereocenters. The van der Waals surface area contributed by atoms with Gasteiger partial charge < -0.3 is 29.6 Å². The number of nitrogens with one attached hydrogen (secondary N) is 2. The number of Topliss-reactive ketones (excluding diaryl/α,β-unsaturated/α-hetero) is 1. The number of carbonyl (C=O) groups is 3. The van der Waals surface area contributed by atoms with Gasteiger partial charge in [0.25, 0.3) is 5.91 Å². The van der Waals surface area contributed by atoms with Gasteiger partial charge in [0.2, 0.25) is 5.91 Å². The van der Waals surface area contributed by atoms with Gasteiger partial charge in [0.1, 0.15) is 22.3 Å². The molecule has 2 fully saturated rings. The smallest absolute Gasteiger partial charge is 0.281 e. The van der Waals surface area contributed by atoms with Crippen LogP contribution in [0.15, 0.2) is 48.8 Å². The lowest BCUT2D eigenvalue weighted by Crippen LogP contribution is -2.30. The zero-order chi connectivity index (χ0) is 32.9. The van der Waals surface area contributed by atoms with Crippen LogP contribution in [0.4, 0.5) is 22.2 Å². The standard InChI is InChI=1S/C37H39N5O5S/c1-46-25-11-5-22(6-12-25)19-41-29-14-13-26(47-2)18-28(29)39-34-33(37(41)45)38-20-42(34)24-10-16-31-27(17-24)32(30(43)15-7-21-3-4-21)36(48-31)40-35(44)23-8-9-23/h5-6,11-14,18,20-21,23-24,39H,3-4,7-10,15-17,19H2,1-2H3,(H,40,44)/t24-/m0/s1. The van der Waals surface area contributed by atoms with Crippen LogP contribution in [0.3, 0.4) is 0 Å². The number of rotatable bonds is 11. The van der Waals surface area contributed by atoms with Crippen molar-refractivity contribution >= 4 is 51.1 Å². The van der Waals surface area contributed by atoms with Crippen molar-refractivity contribution in [2.45, 2.75) is 70.4 Å². The molecular weight excluding hydrogens is 627 g/mol. The molecule has 0 radical (unpaired) electrons. The Labute approximate surface area is 283 Å². The van der Waals surface area contributed by atoms with Crippen molar-refractivity contribution in [1.82, 2.24) is 9.55 Å². The number of ether oxygens (including phenoxy) is 2. The summed E-state index contributed by atoms with van der Waals surface area (Å²) in [6.45, 7) is 0.347. The highest BCUT2D eigenvalue weighted by Gasteiger charge is 2.37. The first-order valence-corrected chi connectivity index (χ1v) is 17.7. The monoisotopic (exact) mass is 665 g/mol. The number of hydrogen-bond donors (Lipinski definition) is 2. The van der Waals surface area contributed by atoms with E-state index in [0.717, 1.165) is 60.4 Å². The molecule has 3 aliphatic carbocycles. The fourth-order valence-corrected chi connectivity index (χ4v) is 8.21. The number of anilines is 4. The van der Waals surface area contributed by atoms with Crippen LogP contribution in [-0.4, -0.2) is 41.4 Å². The van der Waals surface area contributed by atoms with Crippen molar-refractivity contribution in [3.8, 4) is 11.5 Å². The molecule has 0 unspecified atom stereocenters. The van der Waals surface area contributed by atoms with E-state index in [1.807, 2.05) is 42.5 Å². The van der Waals surface area contributed by atoms with Crippen molar-refractivity contribution in [3.63, 3.8) is 0 Å². The highest BCUT2D eigenvalue weighted by atomic mass is 32.1. The highest BCUT2D eigenvalue weighted by molar-refractivity contribution is 7.17. The molecule has 4 aliphatic rings. The Morgan fingerprint density at radius 1 is 1.02 bits per heavy atom. The molecule has 248 valence electrons. The normalized spacial score (nSPS) is 18.2. The summed E-state index contributed by atoms with van der Waals surface area (Å²) in [5, 5.41) is 7.41. The van der Waals surface area contributed by atoms with E-state index < -0.39 is 0 Å². The van der Waals surface area contributed by atoms with Gasteiger partial charge in [-0.25, -0.2) is 4.98 Å². The molecule has 2 saturated carbocycles. The SMILES string of the molecule is COc1ccc(CN2C(=O)c3ncn([C@H]4CCc5sc(NC(=O)C6CC6)c(C(=O)CCC6CC6)c5C4)c3Nc3cc(OC)ccc32)cc1. The van der Waals surface area contributed by atoms with Gasteiger partial charge in [0, 0.05) is 29.3 Å². The lowest BCUT2D eigenvalue weighted by Gasteiger charge is -2.26. The Morgan fingerprint density at radius 3 is 2.52 bits per heavy atom. The molecule has 1 aliphatic heterocycles. The van der Waals surface area contributed by atoms with Crippen molar-refractivity contribution in [2.75, 3.05) is 29.8 Å². The fraction of sp³-hybridized carbons (Fsp3) is 0.405.